The lowest BCUT2D eigenvalue weighted by atomic mass is 10.1. The minimum atomic E-state index is -0.170. The number of hydrogen-bond donors (Lipinski definition) is 1. The summed E-state index contributed by atoms with van der Waals surface area (Å²) in [6, 6.07) is 11.9. The Bertz CT molecular complexity index is 924. The Hall–Kier alpha value is -2.86. The van der Waals surface area contributed by atoms with E-state index in [1.807, 2.05) is 62.0 Å². The van der Waals surface area contributed by atoms with Crippen molar-refractivity contribution in [2.75, 3.05) is 20.3 Å². The number of methoxy groups -OCH3 is 1. The SMILES string of the molecule is COCCNC(=O)c1cc(-c2cccn2C)nn1-c1cc(C)ccc1C. The van der Waals surface area contributed by atoms with Crippen molar-refractivity contribution in [1.82, 2.24) is 19.7 Å². The fourth-order valence-electron chi connectivity index (χ4n) is 2.88. The van der Waals surface area contributed by atoms with E-state index < -0.39 is 0 Å². The first-order valence-corrected chi connectivity index (χ1v) is 8.58. The maximum atomic E-state index is 12.7. The average molecular weight is 352 g/mol. The van der Waals surface area contributed by atoms with Gasteiger partial charge in [-0.3, -0.25) is 4.79 Å². The highest BCUT2D eigenvalue weighted by molar-refractivity contribution is 5.94. The van der Waals surface area contributed by atoms with Crippen molar-refractivity contribution in [3.8, 4) is 17.1 Å². The van der Waals surface area contributed by atoms with Crippen LogP contribution in [0.15, 0.2) is 42.6 Å². The fourth-order valence-corrected chi connectivity index (χ4v) is 2.88. The lowest BCUT2D eigenvalue weighted by Gasteiger charge is -2.11. The third-order valence-corrected chi connectivity index (χ3v) is 4.33. The summed E-state index contributed by atoms with van der Waals surface area (Å²) in [5, 5.41) is 7.62. The van der Waals surface area contributed by atoms with Gasteiger partial charge in [0.15, 0.2) is 0 Å². The molecule has 6 heteroatoms. The maximum absolute atomic E-state index is 12.7. The summed E-state index contributed by atoms with van der Waals surface area (Å²) >= 11 is 0. The number of ether oxygens (including phenoxy) is 1. The zero-order chi connectivity index (χ0) is 18.7. The van der Waals surface area contributed by atoms with Crippen molar-refractivity contribution in [3.05, 3.63) is 59.4 Å². The predicted octanol–water partition coefficient (Wildman–Crippen LogP) is 2.87. The average Bonchev–Trinajstić information content (AvgIpc) is 3.23. The molecule has 0 spiro atoms. The molecule has 0 bridgehead atoms. The van der Waals surface area contributed by atoms with Crippen molar-refractivity contribution < 1.29 is 9.53 Å². The molecule has 3 rings (SSSR count). The van der Waals surface area contributed by atoms with Crippen molar-refractivity contribution in [2.24, 2.45) is 7.05 Å². The minimum Gasteiger partial charge on any atom is -0.383 e. The van der Waals surface area contributed by atoms with E-state index in [9.17, 15) is 4.79 Å². The highest BCUT2D eigenvalue weighted by Crippen LogP contribution is 2.24. The van der Waals surface area contributed by atoms with Crippen LogP contribution >= 0.6 is 0 Å². The predicted molar refractivity (Wildman–Crippen MR) is 102 cm³/mol. The topological polar surface area (TPSA) is 61.1 Å². The van der Waals surface area contributed by atoms with Crippen LogP contribution in [-0.4, -0.2) is 40.5 Å². The van der Waals surface area contributed by atoms with Gasteiger partial charge < -0.3 is 14.6 Å². The van der Waals surface area contributed by atoms with Crippen LogP contribution in [0.1, 0.15) is 21.6 Å². The van der Waals surface area contributed by atoms with Crippen LogP contribution < -0.4 is 5.32 Å². The van der Waals surface area contributed by atoms with Crippen LogP contribution in [0.5, 0.6) is 0 Å². The van der Waals surface area contributed by atoms with E-state index in [1.54, 1.807) is 11.8 Å². The minimum absolute atomic E-state index is 0.170. The molecule has 3 aromatic rings. The van der Waals surface area contributed by atoms with E-state index >= 15 is 0 Å². The number of carbonyl (C=O) groups excluding carboxylic acids is 1. The molecule has 2 aromatic heterocycles. The molecular weight excluding hydrogens is 328 g/mol. The first-order valence-electron chi connectivity index (χ1n) is 8.58. The monoisotopic (exact) mass is 352 g/mol. The van der Waals surface area contributed by atoms with Crippen LogP contribution in [0.4, 0.5) is 0 Å². The molecule has 0 saturated heterocycles. The van der Waals surface area contributed by atoms with Crippen LogP contribution in [-0.2, 0) is 11.8 Å². The summed E-state index contributed by atoms with van der Waals surface area (Å²) in [5.74, 6) is -0.170. The highest BCUT2D eigenvalue weighted by atomic mass is 16.5. The zero-order valence-electron chi connectivity index (χ0n) is 15.6. The molecule has 136 valence electrons. The van der Waals surface area contributed by atoms with Crippen molar-refractivity contribution in [2.45, 2.75) is 13.8 Å². The smallest absolute Gasteiger partial charge is 0.270 e. The highest BCUT2D eigenvalue weighted by Gasteiger charge is 2.19. The molecular formula is C20H24N4O2. The normalized spacial score (nSPS) is 10.9. The summed E-state index contributed by atoms with van der Waals surface area (Å²) in [6.07, 6.45) is 1.96. The van der Waals surface area contributed by atoms with Gasteiger partial charge in [-0.05, 0) is 49.2 Å². The molecule has 0 aliphatic rings. The van der Waals surface area contributed by atoms with Crippen molar-refractivity contribution in [3.63, 3.8) is 0 Å². The molecule has 0 unspecified atom stereocenters. The summed E-state index contributed by atoms with van der Waals surface area (Å²) in [6.45, 7) is 4.97. The number of amides is 1. The number of carbonyl (C=O) groups is 1. The summed E-state index contributed by atoms with van der Waals surface area (Å²) in [4.78, 5) is 12.7. The van der Waals surface area contributed by atoms with Gasteiger partial charge >= 0.3 is 0 Å². The number of rotatable bonds is 6. The molecule has 0 saturated carbocycles. The zero-order valence-corrected chi connectivity index (χ0v) is 15.6. The van der Waals surface area contributed by atoms with E-state index in [0.717, 1.165) is 28.2 Å². The van der Waals surface area contributed by atoms with Crippen LogP contribution in [0.2, 0.25) is 0 Å². The first-order chi connectivity index (χ1) is 12.5. The lowest BCUT2D eigenvalue weighted by Crippen LogP contribution is -2.29. The summed E-state index contributed by atoms with van der Waals surface area (Å²) in [7, 11) is 3.57. The number of nitrogens with one attached hydrogen (secondary N) is 1. The lowest BCUT2D eigenvalue weighted by molar-refractivity contribution is 0.0929. The Morgan fingerprint density at radius 3 is 2.73 bits per heavy atom. The van der Waals surface area contributed by atoms with Gasteiger partial charge in [-0.15, -0.1) is 0 Å². The molecule has 0 aliphatic heterocycles. The van der Waals surface area contributed by atoms with Gasteiger partial charge in [-0.2, -0.15) is 5.10 Å². The van der Waals surface area contributed by atoms with Gasteiger partial charge in [0.1, 0.15) is 11.4 Å². The van der Waals surface area contributed by atoms with Gasteiger partial charge in [-0.25, -0.2) is 4.68 Å². The third kappa shape index (κ3) is 3.55. The number of nitrogens with zero attached hydrogens (tertiary/aromatic N) is 3. The number of benzene rings is 1. The van der Waals surface area contributed by atoms with Gasteiger partial charge in [0, 0.05) is 26.9 Å². The number of aromatic nitrogens is 3. The van der Waals surface area contributed by atoms with Gasteiger partial charge in [0.05, 0.1) is 18.0 Å². The summed E-state index contributed by atoms with van der Waals surface area (Å²) < 4.78 is 8.73. The van der Waals surface area contributed by atoms with E-state index in [2.05, 4.69) is 11.4 Å². The second-order valence-corrected chi connectivity index (χ2v) is 6.37. The molecule has 1 N–H and O–H groups in total. The fraction of sp³-hybridized carbons (Fsp3) is 0.300. The second kappa shape index (κ2) is 7.58. The first kappa shape index (κ1) is 17.9. The van der Waals surface area contributed by atoms with Crippen molar-refractivity contribution in [1.29, 1.82) is 0 Å². The van der Waals surface area contributed by atoms with Crippen molar-refractivity contribution >= 4 is 5.91 Å². The quantitative estimate of drug-likeness (QED) is 0.694. The molecule has 0 atom stereocenters. The molecule has 0 radical (unpaired) electrons. The molecule has 26 heavy (non-hydrogen) atoms. The van der Waals surface area contributed by atoms with Crippen LogP contribution in [0, 0.1) is 13.8 Å². The molecule has 1 amide bonds. The molecule has 2 heterocycles. The molecule has 1 aromatic carbocycles. The van der Waals surface area contributed by atoms with E-state index in [1.165, 1.54) is 0 Å². The van der Waals surface area contributed by atoms with Crippen LogP contribution in [0.25, 0.3) is 17.1 Å². The number of hydrogen-bond acceptors (Lipinski definition) is 3. The standard InChI is InChI=1S/C20H24N4O2/c1-14-7-8-15(2)18(12-14)24-19(20(25)21-9-11-26-4)13-16(22-24)17-6-5-10-23(17)3/h5-8,10,12-13H,9,11H2,1-4H3,(H,21,25). The third-order valence-electron chi connectivity index (χ3n) is 4.33. The van der Waals surface area contributed by atoms with Gasteiger partial charge in [-0.1, -0.05) is 12.1 Å². The Morgan fingerprint density at radius 2 is 2.04 bits per heavy atom. The number of aryl methyl sites for hydroxylation is 3. The van der Waals surface area contributed by atoms with Crippen LogP contribution in [0.3, 0.4) is 0 Å². The van der Waals surface area contributed by atoms with E-state index in [0.29, 0.717) is 18.8 Å². The summed E-state index contributed by atoms with van der Waals surface area (Å²) in [5.41, 5.74) is 5.30. The molecule has 6 nitrogen and oxygen atoms in total. The maximum Gasteiger partial charge on any atom is 0.270 e. The Kier molecular flexibility index (Phi) is 5.23. The molecule has 0 fully saturated rings. The van der Waals surface area contributed by atoms with E-state index in [-0.39, 0.29) is 5.91 Å². The Balaban J connectivity index is 2.08. The largest absolute Gasteiger partial charge is 0.383 e. The Morgan fingerprint density at radius 1 is 1.23 bits per heavy atom. The molecule has 0 aliphatic carbocycles. The van der Waals surface area contributed by atoms with E-state index in [4.69, 9.17) is 9.84 Å². The second-order valence-electron chi connectivity index (χ2n) is 6.37. The van der Waals surface area contributed by atoms with Gasteiger partial charge in [0.25, 0.3) is 5.91 Å². The Labute approximate surface area is 153 Å². The van der Waals surface area contributed by atoms with Gasteiger partial charge in [0.2, 0.25) is 0 Å².